The predicted molar refractivity (Wildman–Crippen MR) is 141 cm³/mol. The van der Waals surface area contributed by atoms with Crippen molar-refractivity contribution >= 4 is 17.7 Å². The molecule has 1 aliphatic rings. The van der Waals surface area contributed by atoms with Gasteiger partial charge >= 0.3 is 6.18 Å². The fraction of sp³-hybridized carbons (Fsp3) is 0.276. The number of alkyl halides is 3. The van der Waals surface area contributed by atoms with Gasteiger partial charge < -0.3 is 9.84 Å². The molecule has 1 heterocycles. The molecule has 38 heavy (non-hydrogen) atoms. The molecule has 0 spiro atoms. The van der Waals surface area contributed by atoms with Crippen LogP contribution in [-0.4, -0.2) is 34.5 Å². The molecule has 0 radical (unpaired) electrons. The summed E-state index contributed by atoms with van der Waals surface area (Å²) < 4.78 is 44.4. The maximum Gasteiger partial charge on any atom is 0.405 e. The number of nitrogens with zero attached hydrogens (tertiary/aromatic N) is 2. The minimum absolute atomic E-state index is 0.411. The first-order valence-corrected chi connectivity index (χ1v) is 13.4. The van der Waals surface area contributed by atoms with Gasteiger partial charge in [0.15, 0.2) is 0 Å². The van der Waals surface area contributed by atoms with Gasteiger partial charge in [0.2, 0.25) is 11.7 Å². The van der Waals surface area contributed by atoms with Crippen molar-refractivity contribution in [2.45, 2.75) is 42.5 Å². The number of unbranched alkanes of at least 4 members (excludes halogenated alkanes) is 2. The van der Waals surface area contributed by atoms with Gasteiger partial charge in [-0.15, -0.1) is 0 Å². The molecule has 0 unspecified atom stereocenters. The minimum atomic E-state index is -4.49. The van der Waals surface area contributed by atoms with E-state index in [0.29, 0.717) is 23.9 Å². The van der Waals surface area contributed by atoms with Crippen molar-refractivity contribution in [3.05, 3.63) is 90.0 Å². The zero-order valence-electron chi connectivity index (χ0n) is 20.5. The number of amides is 1. The molecule has 0 fully saturated rings. The summed E-state index contributed by atoms with van der Waals surface area (Å²) in [4.78, 5) is 17.9. The van der Waals surface area contributed by atoms with Gasteiger partial charge in [-0.1, -0.05) is 109 Å². The van der Waals surface area contributed by atoms with Gasteiger partial charge in [-0.2, -0.15) is 18.2 Å². The Morgan fingerprint density at radius 3 is 2.16 bits per heavy atom. The number of thioether (sulfide) groups is 1. The number of rotatable bonds is 10. The van der Waals surface area contributed by atoms with Crippen molar-refractivity contribution in [3.8, 4) is 22.5 Å². The molecule has 1 amide bonds. The van der Waals surface area contributed by atoms with Crippen molar-refractivity contribution in [2.75, 3.05) is 12.3 Å². The first-order chi connectivity index (χ1) is 18.4. The van der Waals surface area contributed by atoms with Crippen LogP contribution in [0.2, 0.25) is 0 Å². The number of hydrogen-bond acceptors (Lipinski definition) is 5. The molecular weight excluding hydrogens is 511 g/mol. The monoisotopic (exact) mass is 537 g/mol. The average molecular weight is 538 g/mol. The Morgan fingerprint density at radius 2 is 1.50 bits per heavy atom. The summed E-state index contributed by atoms with van der Waals surface area (Å²) in [6.45, 7) is -1.36. The highest BCUT2D eigenvalue weighted by Crippen LogP contribution is 2.51. The Labute approximate surface area is 222 Å². The van der Waals surface area contributed by atoms with Crippen LogP contribution in [0.4, 0.5) is 13.2 Å². The van der Waals surface area contributed by atoms with Gasteiger partial charge in [-0.25, -0.2) is 0 Å². The normalized spacial score (nSPS) is 13.7. The van der Waals surface area contributed by atoms with Crippen molar-refractivity contribution < 1.29 is 22.5 Å². The quantitative estimate of drug-likeness (QED) is 0.174. The third-order valence-electron chi connectivity index (χ3n) is 6.76. The number of nitrogens with one attached hydrogen (secondary N) is 1. The smallest absolute Gasteiger partial charge is 0.346 e. The number of fused-ring (bicyclic) bond motifs is 3. The maximum atomic E-state index is 13.5. The zero-order valence-corrected chi connectivity index (χ0v) is 21.3. The van der Waals surface area contributed by atoms with Crippen LogP contribution in [0.5, 0.6) is 0 Å². The van der Waals surface area contributed by atoms with Crippen molar-refractivity contribution in [2.24, 2.45) is 0 Å². The summed E-state index contributed by atoms with van der Waals surface area (Å²) in [6.07, 6.45) is -1.78. The molecule has 0 saturated carbocycles. The second-order valence-electron chi connectivity index (χ2n) is 9.20. The molecular formula is C29H26F3N3O2S. The second-order valence-corrected chi connectivity index (χ2v) is 10.2. The van der Waals surface area contributed by atoms with Crippen LogP contribution in [0.3, 0.4) is 0 Å². The van der Waals surface area contributed by atoms with Crippen LogP contribution in [0.15, 0.2) is 88.6 Å². The van der Waals surface area contributed by atoms with E-state index in [1.165, 1.54) is 11.8 Å². The molecule has 9 heteroatoms. The van der Waals surface area contributed by atoms with E-state index in [1.807, 2.05) is 78.9 Å². The Morgan fingerprint density at radius 1 is 0.868 bits per heavy atom. The van der Waals surface area contributed by atoms with Crippen molar-refractivity contribution in [1.82, 2.24) is 15.5 Å². The van der Waals surface area contributed by atoms with Crippen LogP contribution in [0.1, 0.15) is 36.8 Å². The highest BCUT2D eigenvalue weighted by Gasteiger charge is 2.49. The Balaban J connectivity index is 1.26. The summed E-state index contributed by atoms with van der Waals surface area (Å²) in [5, 5.41) is 6.70. The Bertz CT molecular complexity index is 1360. The lowest BCUT2D eigenvalue weighted by molar-refractivity contribution is -0.141. The van der Waals surface area contributed by atoms with E-state index in [2.05, 4.69) is 15.5 Å². The minimum Gasteiger partial charge on any atom is -0.346 e. The lowest BCUT2D eigenvalue weighted by atomic mass is 9.73. The first-order valence-electron chi connectivity index (χ1n) is 12.4. The SMILES string of the molecule is O=C(NCC(F)(F)F)C1(CCCCCSc2nc(-c3ccccc3)no2)c2ccccc2-c2ccccc21. The standard InChI is InChI=1S/C29H26F3N3O2S/c30-29(31,32)19-33-26(36)28(23-15-7-5-13-21(23)22-14-6-8-16-24(22)28)17-9-2-10-18-38-27-34-25(35-37-27)20-11-3-1-4-12-20/h1,3-8,11-16H,2,9-10,17-19H2,(H,33,36). The van der Waals surface area contributed by atoms with E-state index >= 15 is 0 Å². The largest absolute Gasteiger partial charge is 0.405 e. The summed E-state index contributed by atoms with van der Waals surface area (Å²) in [5.41, 5.74) is 3.03. The number of halogens is 3. The third kappa shape index (κ3) is 5.34. The summed E-state index contributed by atoms with van der Waals surface area (Å²) in [6, 6.07) is 24.6. The zero-order chi connectivity index (χ0) is 26.6. The van der Waals surface area contributed by atoms with E-state index in [1.54, 1.807) is 0 Å². The third-order valence-corrected chi connectivity index (χ3v) is 7.67. The average Bonchev–Trinajstić information content (AvgIpc) is 3.51. The fourth-order valence-corrected chi connectivity index (χ4v) is 5.85. The number of benzene rings is 3. The molecule has 0 saturated heterocycles. The van der Waals surface area contributed by atoms with Crippen LogP contribution in [-0.2, 0) is 10.2 Å². The van der Waals surface area contributed by atoms with E-state index in [9.17, 15) is 18.0 Å². The van der Waals surface area contributed by atoms with Crippen LogP contribution < -0.4 is 5.32 Å². The van der Waals surface area contributed by atoms with Crippen LogP contribution in [0.25, 0.3) is 22.5 Å². The molecule has 4 aromatic rings. The molecule has 3 aromatic carbocycles. The molecule has 5 rings (SSSR count). The molecule has 1 aliphatic carbocycles. The van der Waals surface area contributed by atoms with E-state index in [0.717, 1.165) is 46.4 Å². The van der Waals surface area contributed by atoms with Gasteiger partial charge in [0.25, 0.3) is 5.22 Å². The summed E-state index contributed by atoms with van der Waals surface area (Å²) in [7, 11) is 0. The predicted octanol–water partition coefficient (Wildman–Crippen LogP) is 7.03. The molecule has 5 nitrogen and oxygen atoms in total. The van der Waals surface area contributed by atoms with Crippen molar-refractivity contribution in [1.29, 1.82) is 0 Å². The van der Waals surface area contributed by atoms with Crippen LogP contribution in [0, 0.1) is 0 Å². The van der Waals surface area contributed by atoms with E-state index < -0.39 is 24.0 Å². The number of carbonyl (C=O) groups excluding carboxylic acids is 1. The van der Waals surface area contributed by atoms with Gasteiger partial charge in [-0.3, -0.25) is 4.79 Å². The van der Waals surface area contributed by atoms with Gasteiger partial charge in [-0.05, 0) is 35.1 Å². The highest BCUT2D eigenvalue weighted by atomic mass is 32.2. The van der Waals surface area contributed by atoms with E-state index in [4.69, 9.17) is 4.52 Å². The highest BCUT2D eigenvalue weighted by molar-refractivity contribution is 7.99. The lowest BCUT2D eigenvalue weighted by Crippen LogP contribution is -2.47. The number of aromatic nitrogens is 2. The maximum absolute atomic E-state index is 13.5. The molecule has 1 N–H and O–H groups in total. The van der Waals surface area contributed by atoms with Gasteiger partial charge in [0.1, 0.15) is 12.0 Å². The lowest BCUT2D eigenvalue weighted by Gasteiger charge is -2.31. The summed E-state index contributed by atoms with van der Waals surface area (Å²) >= 11 is 1.47. The number of carbonyl (C=O) groups is 1. The number of hydrogen-bond donors (Lipinski definition) is 1. The molecule has 1 aromatic heterocycles. The molecule has 0 bridgehead atoms. The fourth-order valence-electron chi connectivity index (χ4n) is 5.09. The van der Waals surface area contributed by atoms with E-state index in [-0.39, 0.29) is 0 Å². The molecule has 196 valence electrons. The van der Waals surface area contributed by atoms with Gasteiger partial charge in [0.05, 0.1) is 0 Å². The topological polar surface area (TPSA) is 68.0 Å². The molecule has 0 atom stereocenters. The first kappa shape index (κ1) is 26.0. The van der Waals surface area contributed by atoms with Crippen LogP contribution >= 0.6 is 11.8 Å². The van der Waals surface area contributed by atoms with Gasteiger partial charge in [0, 0.05) is 11.3 Å². The Hall–Kier alpha value is -3.59. The summed E-state index contributed by atoms with van der Waals surface area (Å²) in [5.74, 6) is 0.677. The molecule has 0 aliphatic heterocycles. The Kier molecular flexibility index (Phi) is 7.56. The second kappa shape index (κ2) is 11.0. The van der Waals surface area contributed by atoms with Crippen molar-refractivity contribution in [3.63, 3.8) is 0 Å².